The second-order valence-corrected chi connectivity index (χ2v) is 4.65. The van der Waals surface area contributed by atoms with E-state index < -0.39 is 0 Å². The molecule has 18 heavy (non-hydrogen) atoms. The van der Waals surface area contributed by atoms with Gasteiger partial charge < -0.3 is 15.2 Å². The molecule has 0 spiro atoms. The molecule has 0 unspecified atom stereocenters. The van der Waals surface area contributed by atoms with Crippen LogP contribution in [0.2, 0.25) is 0 Å². The summed E-state index contributed by atoms with van der Waals surface area (Å²) in [5, 5.41) is 0. The lowest BCUT2D eigenvalue weighted by atomic mass is 10.3. The van der Waals surface area contributed by atoms with Crippen molar-refractivity contribution in [3.05, 3.63) is 36.5 Å². The van der Waals surface area contributed by atoms with Crippen molar-refractivity contribution in [1.29, 1.82) is 0 Å². The van der Waals surface area contributed by atoms with Gasteiger partial charge in [-0.2, -0.15) is 0 Å². The third-order valence-corrected chi connectivity index (χ3v) is 3.39. The number of hydrogen-bond acceptors (Lipinski definition) is 5. The molecule has 5 heteroatoms. The molecule has 0 aliphatic heterocycles. The fourth-order valence-electron chi connectivity index (χ4n) is 1.44. The summed E-state index contributed by atoms with van der Waals surface area (Å²) in [5.74, 6) is 2.06. The van der Waals surface area contributed by atoms with Gasteiger partial charge in [-0.05, 0) is 24.3 Å². The van der Waals surface area contributed by atoms with Gasteiger partial charge in [-0.15, -0.1) is 0 Å². The number of benzene rings is 1. The maximum atomic E-state index is 5.55. The van der Waals surface area contributed by atoms with Gasteiger partial charge in [-0.1, -0.05) is 11.8 Å². The molecule has 0 fully saturated rings. The van der Waals surface area contributed by atoms with E-state index in [0.29, 0.717) is 5.82 Å². The Hall–Kier alpha value is -1.88. The predicted octanol–water partition coefficient (Wildman–Crippen LogP) is 2.83. The van der Waals surface area contributed by atoms with Crippen molar-refractivity contribution in [2.75, 3.05) is 20.0 Å². The van der Waals surface area contributed by atoms with Crippen molar-refractivity contribution in [3.8, 4) is 11.5 Å². The fourth-order valence-corrected chi connectivity index (χ4v) is 2.31. The molecule has 0 bridgehead atoms. The highest BCUT2D eigenvalue weighted by molar-refractivity contribution is 7.99. The summed E-state index contributed by atoms with van der Waals surface area (Å²) in [5.41, 5.74) is 5.55. The van der Waals surface area contributed by atoms with Gasteiger partial charge in [0, 0.05) is 17.2 Å². The van der Waals surface area contributed by atoms with Crippen LogP contribution in [-0.2, 0) is 0 Å². The molecule has 1 heterocycles. The molecule has 1 aromatic heterocycles. The van der Waals surface area contributed by atoms with Crippen molar-refractivity contribution in [2.45, 2.75) is 9.79 Å². The molecule has 0 saturated carbocycles. The number of aromatic nitrogens is 1. The summed E-state index contributed by atoms with van der Waals surface area (Å²) in [6, 6.07) is 9.41. The lowest BCUT2D eigenvalue weighted by Gasteiger charge is -2.09. The van der Waals surface area contributed by atoms with Crippen LogP contribution in [-0.4, -0.2) is 19.2 Å². The zero-order valence-corrected chi connectivity index (χ0v) is 11.0. The Bertz CT molecular complexity index is 529. The number of nitrogens with zero attached hydrogens (tertiary/aromatic N) is 1. The van der Waals surface area contributed by atoms with Crippen molar-refractivity contribution in [3.63, 3.8) is 0 Å². The molecule has 2 aromatic rings. The van der Waals surface area contributed by atoms with Crippen LogP contribution in [0, 0.1) is 0 Å². The summed E-state index contributed by atoms with van der Waals surface area (Å²) in [6.45, 7) is 0. The Morgan fingerprint density at radius 2 is 1.94 bits per heavy atom. The zero-order valence-electron chi connectivity index (χ0n) is 10.2. The lowest BCUT2D eigenvalue weighted by Crippen LogP contribution is -1.90. The summed E-state index contributed by atoms with van der Waals surface area (Å²) in [4.78, 5) is 6.07. The van der Waals surface area contributed by atoms with E-state index in [-0.39, 0.29) is 0 Å². The topological polar surface area (TPSA) is 57.4 Å². The number of methoxy groups -OCH3 is 2. The van der Waals surface area contributed by atoms with Crippen LogP contribution in [0.25, 0.3) is 0 Å². The Balaban J connectivity index is 2.25. The van der Waals surface area contributed by atoms with Gasteiger partial charge in [-0.25, -0.2) is 4.98 Å². The van der Waals surface area contributed by atoms with E-state index in [1.165, 1.54) is 0 Å². The van der Waals surface area contributed by atoms with E-state index in [2.05, 4.69) is 4.98 Å². The van der Waals surface area contributed by atoms with Gasteiger partial charge in [0.2, 0.25) is 0 Å². The van der Waals surface area contributed by atoms with E-state index in [1.807, 2.05) is 24.3 Å². The first kappa shape index (κ1) is 12.6. The van der Waals surface area contributed by atoms with Crippen LogP contribution in [0.3, 0.4) is 0 Å². The molecule has 0 saturated heterocycles. The largest absolute Gasteiger partial charge is 0.497 e. The number of rotatable bonds is 4. The van der Waals surface area contributed by atoms with Crippen molar-refractivity contribution < 1.29 is 9.47 Å². The molecular formula is C13H14N2O2S. The van der Waals surface area contributed by atoms with Gasteiger partial charge >= 0.3 is 0 Å². The van der Waals surface area contributed by atoms with Crippen molar-refractivity contribution in [1.82, 2.24) is 4.98 Å². The molecule has 4 nitrogen and oxygen atoms in total. The van der Waals surface area contributed by atoms with E-state index in [4.69, 9.17) is 15.2 Å². The van der Waals surface area contributed by atoms with Gasteiger partial charge in [0.25, 0.3) is 0 Å². The second-order valence-electron chi connectivity index (χ2n) is 3.54. The first-order valence-corrected chi connectivity index (χ1v) is 6.16. The van der Waals surface area contributed by atoms with Crippen LogP contribution in [0.15, 0.2) is 46.3 Å². The van der Waals surface area contributed by atoms with Crippen LogP contribution in [0.4, 0.5) is 5.82 Å². The Morgan fingerprint density at radius 1 is 1.11 bits per heavy atom. The summed E-state index contributed by atoms with van der Waals surface area (Å²) in [7, 11) is 3.27. The third-order valence-electron chi connectivity index (χ3n) is 2.36. The Labute approximate surface area is 110 Å². The fraction of sp³-hybridized carbons (Fsp3) is 0.154. The minimum absolute atomic E-state index is 0.515. The lowest BCUT2D eigenvalue weighted by molar-refractivity contribution is 0.387. The van der Waals surface area contributed by atoms with E-state index >= 15 is 0 Å². The molecule has 2 rings (SSSR count). The second kappa shape index (κ2) is 5.64. The maximum absolute atomic E-state index is 5.55. The first-order valence-electron chi connectivity index (χ1n) is 5.34. The van der Waals surface area contributed by atoms with Crippen molar-refractivity contribution >= 4 is 17.6 Å². The molecule has 0 atom stereocenters. The third kappa shape index (κ3) is 2.87. The van der Waals surface area contributed by atoms with Crippen molar-refractivity contribution in [2.24, 2.45) is 0 Å². The van der Waals surface area contributed by atoms with Crippen LogP contribution in [0.5, 0.6) is 11.5 Å². The number of anilines is 1. The normalized spacial score (nSPS) is 10.1. The molecule has 0 aliphatic carbocycles. The van der Waals surface area contributed by atoms with Gasteiger partial charge in [0.05, 0.1) is 19.1 Å². The first-order chi connectivity index (χ1) is 8.72. The van der Waals surface area contributed by atoms with Gasteiger partial charge in [0.15, 0.2) is 0 Å². The van der Waals surface area contributed by atoms with Gasteiger partial charge in [0.1, 0.15) is 17.3 Å². The monoisotopic (exact) mass is 262 g/mol. The standard InChI is InChI=1S/C13H14N2O2S/c1-16-9-3-5-12(11(7-9)17-2)18-10-4-6-13(14)15-8-10/h3-8H,1-2H3,(H2,14,15). The molecule has 0 radical (unpaired) electrons. The number of hydrogen-bond donors (Lipinski definition) is 1. The molecule has 0 amide bonds. The van der Waals surface area contributed by atoms with Crippen LogP contribution >= 0.6 is 11.8 Å². The Kier molecular flexibility index (Phi) is 3.94. The number of ether oxygens (including phenoxy) is 2. The minimum Gasteiger partial charge on any atom is -0.497 e. The van der Waals surface area contributed by atoms with Gasteiger partial charge in [-0.3, -0.25) is 0 Å². The average Bonchev–Trinajstić information content (AvgIpc) is 2.41. The maximum Gasteiger partial charge on any atom is 0.136 e. The summed E-state index contributed by atoms with van der Waals surface area (Å²) >= 11 is 1.57. The molecule has 0 aliphatic rings. The quantitative estimate of drug-likeness (QED) is 0.918. The number of pyridine rings is 1. The Morgan fingerprint density at radius 3 is 2.56 bits per heavy atom. The SMILES string of the molecule is COc1ccc(Sc2ccc(N)nc2)c(OC)c1. The van der Waals surface area contributed by atoms with E-state index in [0.717, 1.165) is 21.3 Å². The smallest absolute Gasteiger partial charge is 0.136 e. The zero-order chi connectivity index (χ0) is 13.0. The number of nitrogens with two attached hydrogens (primary N) is 1. The molecular weight excluding hydrogens is 248 g/mol. The molecule has 94 valence electrons. The van der Waals surface area contributed by atoms with Crippen LogP contribution in [0.1, 0.15) is 0 Å². The molecule has 1 aromatic carbocycles. The highest BCUT2D eigenvalue weighted by atomic mass is 32.2. The highest BCUT2D eigenvalue weighted by Gasteiger charge is 2.07. The number of nitrogen functional groups attached to an aromatic ring is 1. The average molecular weight is 262 g/mol. The summed E-state index contributed by atoms with van der Waals surface area (Å²) in [6.07, 6.45) is 1.74. The predicted molar refractivity (Wildman–Crippen MR) is 72.3 cm³/mol. The van der Waals surface area contributed by atoms with E-state index in [9.17, 15) is 0 Å². The summed E-state index contributed by atoms with van der Waals surface area (Å²) < 4.78 is 10.5. The highest BCUT2D eigenvalue weighted by Crippen LogP contribution is 2.36. The van der Waals surface area contributed by atoms with Crippen LogP contribution < -0.4 is 15.2 Å². The molecule has 2 N–H and O–H groups in total. The minimum atomic E-state index is 0.515. The van der Waals surface area contributed by atoms with E-state index in [1.54, 1.807) is 38.2 Å².